The Morgan fingerprint density at radius 1 is 1.08 bits per heavy atom. The highest BCUT2D eigenvalue weighted by atomic mass is 35.5. The number of aryl methyl sites for hydroxylation is 1. The van der Waals surface area contributed by atoms with E-state index in [4.69, 9.17) is 23.2 Å². The van der Waals surface area contributed by atoms with Crippen LogP contribution in [0.5, 0.6) is 0 Å². The molecule has 1 aromatic heterocycles. The molecule has 1 N–H and O–H groups in total. The largest absolute Gasteiger partial charge is 0.325 e. The second-order valence-electron chi connectivity index (χ2n) is 5.48. The monoisotopic (exact) mass is 373 g/mol. The van der Waals surface area contributed by atoms with Crippen molar-refractivity contribution < 1.29 is 0 Å². The number of hydrogen-bond acceptors (Lipinski definition) is 5. The molecule has 1 heterocycles. The highest BCUT2D eigenvalue weighted by Gasteiger charge is 2.11. The van der Waals surface area contributed by atoms with Gasteiger partial charge in [0.15, 0.2) is 5.82 Å². The van der Waals surface area contributed by atoms with Gasteiger partial charge in [0.1, 0.15) is 0 Å². The molecule has 0 unspecified atom stereocenters. The second-order valence-corrected chi connectivity index (χ2v) is 6.29. The van der Waals surface area contributed by atoms with E-state index in [1.807, 2.05) is 18.2 Å². The third-order valence-electron chi connectivity index (χ3n) is 3.63. The number of aromatic nitrogens is 3. The number of benzene rings is 2. The van der Waals surface area contributed by atoms with Crippen LogP contribution in [0.2, 0.25) is 10.0 Å². The molecule has 0 amide bonds. The maximum atomic E-state index is 6.04. The minimum absolute atomic E-state index is 0.391. The van der Waals surface area contributed by atoms with Crippen LogP contribution in [0, 0.1) is 6.92 Å². The summed E-state index contributed by atoms with van der Waals surface area (Å²) in [5.74, 6) is 1.10. The highest BCUT2D eigenvalue weighted by Crippen LogP contribution is 2.27. The normalized spacial score (nSPS) is 10.6. The van der Waals surface area contributed by atoms with E-state index in [9.17, 15) is 0 Å². The first kappa shape index (κ1) is 17.5. The number of rotatable bonds is 5. The van der Waals surface area contributed by atoms with Crippen molar-refractivity contribution in [1.29, 1.82) is 0 Å². The van der Waals surface area contributed by atoms with Gasteiger partial charge in [-0.2, -0.15) is 10.1 Å². The zero-order valence-electron chi connectivity index (χ0n) is 13.9. The molecule has 3 aromatic rings. The van der Waals surface area contributed by atoms with Crippen LogP contribution in [-0.2, 0) is 0 Å². The van der Waals surface area contributed by atoms with Crippen molar-refractivity contribution in [2.45, 2.75) is 13.8 Å². The van der Waals surface area contributed by atoms with Gasteiger partial charge in [-0.25, -0.2) is 0 Å². The summed E-state index contributed by atoms with van der Waals surface area (Å²) in [5, 5.41) is 12.2. The first-order valence-corrected chi connectivity index (χ1v) is 8.58. The lowest BCUT2D eigenvalue weighted by Crippen LogP contribution is -2.18. The van der Waals surface area contributed by atoms with Crippen molar-refractivity contribution >= 4 is 46.3 Å². The molecule has 0 atom stereocenters. The van der Waals surface area contributed by atoms with Crippen LogP contribution in [0.3, 0.4) is 0 Å². The molecule has 128 valence electrons. The van der Waals surface area contributed by atoms with Crippen LogP contribution < -0.4 is 10.2 Å². The van der Waals surface area contributed by atoms with E-state index >= 15 is 0 Å². The van der Waals surface area contributed by atoms with Gasteiger partial charge in [-0.1, -0.05) is 35.3 Å². The van der Waals surface area contributed by atoms with Crippen molar-refractivity contribution in [2.24, 2.45) is 0 Å². The average molecular weight is 374 g/mol. The van der Waals surface area contributed by atoms with Crippen LogP contribution in [0.15, 0.2) is 48.7 Å². The number of halogens is 2. The standard InChI is InChI=1S/C18H17Cl2N5/c1-3-25(14-6-4-5-12(2)9-14)17-11-21-24-18(23-17)22-13-7-8-15(19)16(20)10-13/h4-11H,3H2,1-2H3,(H,22,23,24). The van der Waals surface area contributed by atoms with Gasteiger partial charge >= 0.3 is 0 Å². The van der Waals surface area contributed by atoms with E-state index in [1.165, 1.54) is 5.56 Å². The molecule has 0 aliphatic rings. The molecule has 3 rings (SSSR count). The van der Waals surface area contributed by atoms with Crippen molar-refractivity contribution in [1.82, 2.24) is 15.2 Å². The Kier molecular flexibility index (Phi) is 5.36. The van der Waals surface area contributed by atoms with Gasteiger partial charge < -0.3 is 10.2 Å². The van der Waals surface area contributed by atoms with Crippen molar-refractivity contribution in [3.63, 3.8) is 0 Å². The van der Waals surface area contributed by atoms with E-state index < -0.39 is 0 Å². The summed E-state index contributed by atoms with van der Waals surface area (Å²) in [6.45, 7) is 4.89. The molecule has 2 aromatic carbocycles. The summed E-state index contributed by atoms with van der Waals surface area (Å²) >= 11 is 12.0. The van der Waals surface area contributed by atoms with Crippen LogP contribution >= 0.6 is 23.2 Å². The van der Waals surface area contributed by atoms with Crippen molar-refractivity contribution in [3.8, 4) is 0 Å². The molecular formula is C18H17Cl2N5. The lowest BCUT2D eigenvalue weighted by atomic mass is 10.2. The summed E-state index contributed by atoms with van der Waals surface area (Å²) < 4.78 is 0. The third-order valence-corrected chi connectivity index (χ3v) is 4.37. The van der Waals surface area contributed by atoms with Crippen LogP contribution in [-0.4, -0.2) is 21.7 Å². The lowest BCUT2D eigenvalue weighted by molar-refractivity contribution is 0.921. The van der Waals surface area contributed by atoms with Crippen LogP contribution in [0.1, 0.15) is 12.5 Å². The molecule has 0 radical (unpaired) electrons. The van der Waals surface area contributed by atoms with Gasteiger partial charge in [0, 0.05) is 17.9 Å². The number of anilines is 4. The van der Waals surface area contributed by atoms with E-state index in [-0.39, 0.29) is 0 Å². The van der Waals surface area contributed by atoms with E-state index in [0.29, 0.717) is 21.8 Å². The van der Waals surface area contributed by atoms with Gasteiger partial charge in [-0.05, 0) is 49.7 Å². The smallest absolute Gasteiger partial charge is 0.249 e. The summed E-state index contributed by atoms with van der Waals surface area (Å²) in [7, 11) is 0. The van der Waals surface area contributed by atoms with E-state index in [1.54, 1.807) is 18.3 Å². The Hall–Kier alpha value is -2.37. The van der Waals surface area contributed by atoms with Gasteiger partial charge in [-0.3, -0.25) is 0 Å². The lowest BCUT2D eigenvalue weighted by Gasteiger charge is -2.22. The van der Waals surface area contributed by atoms with Gasteiger partial charge in [-0.15, -0.1) is 5.10 Å². The Morgan fingerprint density at radius 3 is 2.64 bits per heavy atom. The quantitative estimate of drug-likeness (QED) is 0.649. The van der Waals surface area contributed by atoms with Crippen LogP contribution in [0.4, 0.5) is 23.1 Å². The topological polar surface area (TPSA) is 53.9 Å². The molecule has 0 aliphatic heterocycles. The summed E-state index contributed by atoms with van der Waals surface area (Å²) in [4.78, 5) is 6.63. The molecule has 7 heteroatoms. The first-order valence-electron chi connectivity index (χ1n) is 7.83. The number of hydrogen-bond donors (Lipinski definition) is 1. The van der Waals surface area contributed by atoms with E-state index in [0.717, 1.165) is 17.9 Å². The Balaban J connectivity index is 1.88. The maximum absolute atomic E-state index is 6.04. The first-order chi connectivity index (χ1) is 12.1. The predicted octanol–water partition coefficient (Wildman–Crippen LogP) is 5.39. The van der Waals surface area contributed by atoms with Gasteiger partial charge in [0.05, 0.1) is 16.2 Å². The zero-order valence-corrected chi connectivity index (χ0v) is 15.4. The number of nitrogens with zero attached hydrogens (tertiary/aromatic N) is 4. The summed E-state index contributed by atoms with van der Waals surface area (Å²) in [5.41, 5.74) is 2.99. The molecule has 0 saturated carbocycles. The molecule has 0 fully saturated rings. The molecule has 25 heavy (non-hydrogen) atoms. The molecule has 0 spiro atoms. The second kappa shape index (κ2) is 7.68. The SMILES string of the molecule is CCN(c1cccc(C)c1)c1cnnc(Nc2ccc(Cl)c(Cl)c2)n1. The highest BCUT2D eigenvalue weighted by molar-refractivity contribution is 6.42. The molecule has 5 nitrogen and oxygen atoms in total. The van der Waals surface area contributed by atoms with Crippen molar-refractivity contribution in [3.05, 3.63) is 64.3 Å². The van der Waals surface area contributed by atoms with Crippen molar-refractivity contribution in [2.75, 3.05) is 16.8 Å². The van der Waals surface area contributed by atoms with Gasteiger partial charge in [0.2, 0.25) is 5.95 Å². The average Bonchev–Trinajstić information content (AvgIpc) is 2.59. The number of nitrogens with one attached hydrogen (secondary N) is 1. The van der Waals surface area contributed by atoms with E-state index in [2.05, 4.69) is 51.4 Å². The van der Waals surface area contributed by atoms with Crippen LogP contribution in [0.25, 0.3) is 0 Å². The Bertz CT molecular complexity index is 885. The fourth-order valence-corrected chi connectivity index (χ4v) is 2.75. The predicted molar refractivity (Wildman–Crippen MR) is 103 cm³/mol. The Morgan fingerprint density at radius 2 is 1.92 bits per heavy atom. The van der Waals surface area contributed by atoms with Gasteiger partial charge in [0.25, 0.3) is 0 Å². The zero-order chi connectivity index (χ0) is 17.8. The maximum Gasteiger partial charge on any atom is 0.249 e. The fraction of sp³-hybridized carbons (Fsp3) is 0.167. The summed E-state index contributed by atoms with van der Waals surface area (Å²) in [6, 6.07) is 13.5. The minimum atomic E-state index is 0.391. The summed E-state index contributed by atoms with van der Waals surface area (Å²) in [6.07, 6.45) is 1.64. The molecule has 0 bridgehead atoms. The third kappa shape index (κ3) is 4.18. The molecular weight excluding hydrogens is 357 g/mol. The molecule has 0 saturated heterocycles. The fourth-order valence-electron chi connectivity index (χ4n) is 2.45. The minimum Gasteiger partial charge on any atom is -0.325 e. The Labute approximate surface area is 156 Å². The molecule has 0 aliphatic carbocycles.